The summed E-state index contributed by atoms with van der Waals surface area (Å²) in [5, 5.41) is 3.07. The molecule has 1 aliphatic heterocycles. The molecule has 196 valence electrons. The molecule has 38 heavy (non-hydrogen) atoms. The van der Waals surface area contributed by atoms with Crippen LogP contribution in [0.3, 0.4) is 0 Å². The fourth-order valence-electron chi connectivity index (χ4n) is 4.64. The van der Waals surface area contributed by atoms with Crippen LogP contribution in [0.1, 0.15) is 18.1 Å². The van der Waals surface area contributed by atoms with Gasteiger partial charge in [0.2, 0.25) is 5.88 Å². The zero-order valence-electron chi connectivity index (χ0n) is 20.5. The number of anilines is 3. The van der Waals surface area contributed by atoms with Gasteiger partial charge in [0.1, 0.15) is 12.1 Å². The van der Waals surface area contributed by atoms with E-state index in [1.54, 1.807) is 24.3 Å². The number of rotatable bonds is 6. The van der Waals surface area contributed by atoms with E-state index in [2.05, 4.69) is 20.1 Å². The lowest BCUT2D eigenvalue weighted by molar-refractivity contribution is -0.146. The van der Waals surface area contributed by atoms with Gasteiger partial charge < -0.3 is 15.0 Å². The molecule has 0 spiro atoms. The van der Waals surface area contributed by atoms with E-state index in [1.165, 1.54) is 17.3 Å². The van der Waals surface area contributed by atoms with Crippen molar-refractivity contribution < 1.29 is 22.3 Å². The van der Waals surface area contributed by atoms with Gasteiger partial charge in [0.25, 0.3) is 5.69 Å². The molecule has 0 saturated carbocycles. The summed E-state index contributed by atoms with van der Waals surface area (Å²) in [5.41, 5.74) is 3.96. The molecule has 1 saturated heterocycles. The number of halogens is 4. The maximum Gasteiger partial charge on any atom is 0.401 e. The van der Waals surface area contributed by atoms with E-state index in [0.29, 0.717) is 43.9 Å². The molecule has 0 radical (unpaired) electrons. The average Bonchev–Trinajstić information content (AvgIpc) is 3.27. The van der Waals surface area contributed by atoms with Gasteiger partial charge in [-0.15, -0.1) is 0 Å². The molecule has 7 nitrogen and oxygen atoms in total. The molecule has 1 fully saturated rings. The van der Waals surface area contributed by atoms with E-state index in [0.717, 1.165) is 16.8 Å². The van der Waals surface area contributed by atoms with E-state index in [1.807, 2.05) is 24.0 Å². The van der Waals surface area contributed by atoms with E-state index >= 15 is 4.39 Å². The minimum Gasteiger partial charge on any atom is -0.446 e. The molecule has 1 aromatic heterocycles. The zero-order chi connectivity index (χ0) is 26.9. The smallest absolute Gasteiger partial charge is 0.401 e. The number of nitrogens with one attached hydrogen (secondary N) is 1. The molecule has 2 aliphatic rings. The molecule has 2 aromatic carbocycles. The number of fused-ring (bicyclic) bond motifs is 1. The number of nitrogens with zero attached hydrogens (tertiary/aromatic N) is 5. The summed E-state index contributed by atoms with van der Waals surface area (Å²) in [7, 11) is 0. The molecule has 0 bridgehead atoms. The van der Waals surface area contributed by atoms with Crippen LogP contribution in [0.2, 0.25) is 0 Å². The summed E-state index contributed by atoms with van der Waals surface area (Å²) < 4.78 is 58.7. The van der Waals surface area contributed by atoms with Crippen LogP contribution in [0.5, 0.6) is 11.6 Å². The summed E-state index contributed by atoms with van der Waals surface area (Å²) in [5.74, 6) is -0.388. The summed E-state index contributed by atoms with van der Waals surface area (Å²) >= 11 is 0. The Morgan fingerprint density at radius 3 is 2.47 bits per heavy atom. The van der Waals surface area contributed by atoms with Gasteiger partial charge in [-0.25, -0.2) is 19.2 Å². The van der Waals surface area contributed by atoms with Crippen molar-refractivity contribution in [2.45, 2.75) is 19.5 Å². The fourth-order valence-corrected chi connectivity index (χ4v) is 4.64. The summed E-state index contributed by atoms with van der Waals surface area (Å²) in [6, 6.07) is 10.6. The van der Waals surface area contributed by atoms with Gasteiger partial charge in [-0.3, -0.25) is 4.90 Å². The van der Waals surface area contributed by atoms with Crippen molar-refractivity contribution in [3.8, 4) is 11.6 Å². The van der Waals surface area contributed by atoms with Crippen molar-refractivity contribution in [1.29, 1.82) is 0 Å². The van der Waals surface area contributed by atoms with Crippen LogP contribution in [0.15, 0.2) is 48.3 Å². The first kappa shape index (κ1) is 25.5. The van der Waals surface area contributed by atoms with Crippen molar-refractivity contribution in [3.05, 3.63) is 76.7 Å². The molecule has 3 aromatic rings. The van der Waals surface area contributed by atoms with Gasteiger partial charge in [0.15, 0.2) is 11.6 Å². The lowest BCUT2D eigenvalue weighted by Gasteiger charge is -2.36. The van der Waals surface area contributed by atoms with Crippen LogP contribution in [0, 0.1) is 12.4 Å². The Bertz CT molecular complexity index is 1410. The van der Waals surface area contributed by atoms with Gasteiger partial charge in [-0.05, 0) is 49.2 Å². The molecule has 11 heteroatoms. The van der Waals surface area contributed by atoms with Crippen LogP contribution in [0.4, 0.5) is 40.4 Å². The van der Waals surface area contributed by atoms with Gasteiger partial charge in [0, 0.05) is 43.1 Å². The normalized spacial score (nSPS) is 15.6. The van der Waals surface area contributed by atoms with Gasteiger partial charge in [-0.2, -0.15) is 13.2 Å². The largest absolute Gasteiger partial charge is 0.446 e. The Kier molecular flexibility index (Phi) is 6.91. The Hall–Kier alpha value is -4.17. The molecular weight excluding hydrogens is 500 g/mol. The topological polar surface area (TPSA) is 57.9 Å². The first-order chi connectivity index (χ1) is 18.2. The highest BCUT2D eigenvalue weighted by Gasteiger charge is 2.32. The van der Waals surface area contributed by atoms with E-state index in [4.69, 9.17) is 11.3 Å². The average molecular weight is 525 g/mol. The van der Waals surface area contributed by atoms with Crippen molar-refractivity contribution >= 4 is 29.0 Å². The molecule has 1 N–H and O–H groups in total. The lowest BCUT2D eigenvalue weighted by Crippen LogP contribution is -2.49. The quantitative estimate of drug-likeness (QED) is 0.300. The van der Waals surface area contributed by atoms with Crippen LogP contribution < -0.4 is 15.0 Å². The summed E-state index contributed by atoms with van der Waals surface area (Å²) in [6.45, 7) is 10.3. The Morgan fingerprint density at radius 1 is 1.05 bits per heavy atom. The predicted molar refractivity (Wildman–Crippen MR) is 137 cm³/mol. The number of alkyl halides is 3. The Balaban J connectivity index is 1.28. The second-order valence-electron chi connectivity index (χ2n) is 9.26. The van der Waals surface area contributed by atoms with E-state index in [-0.39, 0.29) is 23.1 Å². The maximum atomic E-state index is 15.0. The number of piperazine rings is 1. The SMILES string of the molecule is [C-]#[N+]c1c(Nc2ccc(N3CCN(CC(F)(F)F)CC3)cc2)ncnc1Oc1ccc2c(c1F)C=C(C)C2. The van der Waals surface area contributed by atoms with Gasteiger partial charge in [-0.1, -0.05) is 17.7 Å². The monoisotopic (exact) mass is 524 g/mol. The fraction of sp³-hybridized carbons (Fsp3) is 0.296. The number of aromatic nitrogens is 2. The Labute approximate surface area is 217 Å². The highest BCUT2D eigenvalue weighted by atomic mass is 19.4. The zero-order valence-corrected chi connectivity index (χ0v) is 20.5. The van der Waals surface area contributed by atoms with Crippen molar-refractivity contribution in [1.82, 2.24) is 14.9 Å². The highest BCUT2D eigenvalue weighted by molar-refractivity contribution is 5.76. The molecule has 0 unspecified atom stereocenters. The van der Waals surface area contributed by atoms with Crippen LogP contribution >= 0.6 is 0 Å². The lowest BCUT2D eigenvalue weighted by atomic mass is 10.1. The molecular formula is C27H24F4N6O. The predicted octanol–water partition coefficient (Wildman–Crippen LogP) is 6.35. The second-order valence-corrected chi connectivity index (χ2v) is 9.26. The van der Waals surface area contributed by atoms with Crippen molar-refractivity contribution in [3.63, 3.8) is 0 Å². The minimum atomic E-state index is -4.20. The third-order valence-corrected chi connectivity index (χ3v) is 6.47. The molecule has 5 rings (SSSR count). The van der Waals surface area contributed by atoms with Crippen LogP contribution in [-0.4, -0.2) is 53.8 Å². The van der Waals surface area contributed by atoms with Gasteiger partial charge in [0.05, 0.1) is 13.1 Å². The standard InChI is InChI=1S/C27H24F4N6O/c1-17-13-18-3-8-22(23(28)21(18)14-17)38-26-24(32-2)25(33-16-34-26)35-19-4-6-20(7-5-19)37-11-9-36(10-12-37)15-27(29,30)31/h3-8,14,16H,9-13,15H2,1H3,(H,33,34,35). The first-order valence-corrected chi connectivity index (χ1v) is 12.0. The van der Waals surface area contributed by atoms with Crippen molar-refractivity contribution in [2.24, 2.45) is 0 Å². The number of ether oxygens (including phenoxy) is 1. The first-order valence-electron chi connectivity index (χ1n) is 12.0. The highest BCUT2D eigenvalue weighted by Crippen LogP contribution is 2.39. The third kappa shape index (κ3) is 5.55. The third-order valence-electron chi connectivity index (χ3n) is 6.47. The number of allylic oxidation sites excluding steroid dienone is 1. The number of hydrogen-bond acceptors (Lipinski definition) is 6. The van der Waals surface area contributed by atoms with Crippen molar-refractivity contribution in [2.75, 3.05) is 42.9 Å². The molecule has 0 atom stereocenters. The van der Waals surface area contributed by atoms with E-state index < -0.39 is 18.5 Å². The van der Waals surface area contributed by atoms with Gasteiger partial charge >= 0.3 is 6.18 Å². The maximum absolute atomic E-state index is 15.0. The summed E-state index contributed by atoms with van der Waals surface area (Å²) in [4.78, 5) is 15.2. The number of hydrogen-bond donors (Lipinski definition) is 1. The number of benzene rings is 2. The summed E-state index contributed by atoms with van der Waals surface area (Å²) in [6.07, 6.45) is -0.491. The molecule has 0 amide bonds. The molecule has 1 aliphatic carbocycles. The second kappa shape index (κ2) is 10.3. The molecule has 2 heterocycles. The van der Waals surface area contributed by atoms with Crippen LogP contribution in [0.25, 0.3) is 10.9 Å². The van der Waals surface area contributed by atoms with E-state index in [9.17, 15) is 13.2 Å². The van der Waals surface area contributed by atoms with Crippen LogP contribution in [-0.2, 0) is 6.42 Å². The Morgan fingerprint density at radius 2 is 1.79 bits per heavy atom. The minimum absolute atomic E-state index is 0.00369.